The Hall–Kier alpha value is -2.10. The zero-order valence-corrected chi connectivity index (χ0v) is 10.7. The second-order valence-electron chi connectivity index (χ2n) is 4.36. The van der Waals surface area contributed by atoms with E-state index in [1.54, 1.807) is 7.11 Å². The minimum atomic E-state index is -0.305. The maximum Gasteiger partial charge on any atom is 0.254 e. The molecule has 0 unspecified atom stereocenters. The van der Waals surface area contributed by atoms with E-state index in [0.29, 0.717) is 11.3 Å². The predicted molar refractivity (Wildman–Crippen MR) is 68.1 cm³/mol. The topological polar surface area (TPSA) is 55.4 Å². The van der Waals surface area contributed by atoms with E-state index >= 15 is 0 Å². The van der Waals surface area contributed by atoms with E-state index in [-0.39, 0.29) is 18.2 Å². The quantitative estimate of drug-likeness (QED) is 0.638. The first-order valence-corrected chi connectivity index (χ1v) is 5.72. The molecule has 1 aromatic carbocycles. The number of carbonyl (C=O) groups is 2. The van der Waals surface area contributed by atoms with Crippen LogP contribution >= 0.6 is 0 Å². The number of allylic oxidation sites excluding steroid dienone is 1. The normalized spacial score (nSPS) is 17.7. The summed E-state index contributed by atoms with van der Waals surface area (Å²) in [5.74, 6) is 0.153. The molecule has 0 atom stereocenters. The van der Waals surface area contributed by atoms with Crippen LogP contribution in [0.2, 0.25) is 0 Å². The molecule has 0 saturated carbocycles. The van der Waals surface area contributed by atoms with E-state index in [0.717, 1.165) is 16.7 Å². The van der Waals surface area contributed by atoms with Gasteiger partial charge in [0.1, 0.15) is 5.75 Å². The van der Waals surface area contributed by atoms with Gasteiger partial charge in [0.25, 0.3) is 5.91 Å². The molecule has 1 aliphatic heterocycles. The number of hydrogen-bond donors (Lipinski definition) is 1. The highest BCUT2D eigenvalue weighted by Crippen LogP contribution is 2.31. The third kappa shape index (κ3) is 2.14. The molecule has 4 heteroatoms. The van der Waals surface area contributed by atoms with Crippen molar-refractivity contribution < 1.29 is 14.3 Å². The predicted octanol–water partition coefficient (Wildman–Crippen LogP) is 1.82. The Morgan fingerprint density at radius 2 is 2.06 bits per heavy atom. The van der Waals surface area contributed by atoms with Gasteiger partial charge >= 0.3 is 0 Å². The van der Waals surface area contributed by atoms with Crippen LogP contribution in [0.4, 0.5) is 0 Å². The van der Waals surface area contributed by atoms with Crippen molar-refractivity contribution in [1.29, 1.82) is 0 Å². The van der Waals surface area contributed by atoms with E-state index in [9.17, 15) is 9.59 Å². The Labute approximate surface area is 106 Å². The fraction of sp³-hybridized carbons (Fsp3) is 0.286. The number of benzene rings is 1. The van der Waals surface area contributed by atoms with Crippen molar-refractivity contribution in [2.45, 2.75) is 20.3 Å². The molecule has 0 aromatic heterocycles. The largest absolute Gasteiger partial charge is 0.496 e. The fourth-order valence-corrected chi connectivity index (χ4v) is 2.07. The van der Waals surface area contributed by atoms with Gasteiger partial charge in [-0.25, -0.2) is 0 Å². The fourth-order valence-electron chi connectivity index (χ4n) is 2.07. The highest BCUT2D eigenvalue weighted by Gasteiger charge is 2.26. The standard InChI is InChI=1S/C14H15NO3/c1-8-4-5-12(18-3)10(6-8)9(2)11-7-13(16)15-14(11)17/h4-6H,7H2,1-3H3,(H,15,16,17). The van der Waals surface area contributed by atoms with E-state index < -0.39 is 0 Å². The maximum atomic E-state index is 11.7. The van der Waals surface area contributed by atoms with E-state index in [2.05, 4.69) is 5.32 Å². The SMILES string of the molecule is COc1ccc(C)cc1C(C)=C1CC(=O)NC1=O. The van der Waals surface area contributed by atoms with Crippen LogP contribution in [0.15, 0.2) is 23.8 Å². The minimum Gasteiger partial charge on any atom is -0.496 e. The van der Waals surface area contributed by atoms with Gasteiger partial charge in [0.15, 0.2) is 0 Å². The lowest BCUT2D eigenvalue weighted by atomic mass is 9.98. The van der Waals surface area contributed by atoms with Crippen molar-refractivity contribution >= 4 is 17.4 Å². The third-order valence-corrected chi connectivity index (χ3v) is 3.08. The van der Waals surface area contributed by atoms with Gasteiger partial charge < -0.3 is 4.74 Å². The molecule has 1 aromatic rings. The van der Waals surface area contributed by atoms with Gasteiger partial charge in [0.2, 0.25) is 5.91 Å². The Balaban J connectivity index is 2.54. The summed E-state index contributed by atoms with van der Waals surface area (Å²) >= 11 is 0. The molecule has 2 amide bonds. The molecule has 4 nitrogen and oxygen atoms in total. The third-order valence-electron chi connectivity index (χ3n) is 3.08. The molecule has 1 aliphatic rings. The molecule has 18 heavy (non-hydrogen) atoms. The molecule has 0 spiro atoms. The number of nitrogens with one attached hydrogen (secondary N) is 1. The Morgan fingerprint density at radius 3 is 2.61 bits per heavy atom. The first kappa shape index (κ1) is 12.4. The van der Waals surface area contributed by atoms with E-state index in [4.69, 9.17) is 4.74 Å². The second kappa shape index (κ2) is 4.64. The zero-order valence-electron chi connectivity index (χ0n) is 10.7. The average Bonchev–Trinajstić information content (AvgIpc) is 2.67. The molecule has 1 N–H and O–H groups in total. The van der Waals surface area contributed by atoms with Crippen LogP contribution in [0, 0.1) is 6.92 Å². The number of rotatable bonds is 2. The van der Waals surface area contributed by atoms with Crippen LogP contribution in [0.1, 0.15) is 24.5 Å². The smallest absolute Gasteiger partial charge is 0.254 e. The molecule has 0 aliphatic carbocycles. The summed E-state index contributed by atoms with van der Waals surface area (Å²) in [4.78, 5) is 22.9. The first-order valence-electron chi connectivity index (χ1n) is 5.72. The van der Waals surface area contributed by atoms with Gasteiger partial charge in [0.05, 0.1) is 13.5 Å². The summed E-state index contributed by atoms with van der Waals surface area (Å²) in [6.45, 7) is 3.81. The summed E-state index contributed by atoms with van der Waals surface area (Å²) in [7, 11) is 1.59. The molecule has 0 radical (unpaired) electrons. The first-order chi connectivity index (χ1) is 8.52. The van der Waals surface area contributed by atoms with Gasteiger partial charge in [-0.05, 0) is 31.6 Å². The highest BCUT2D eigenvalue weighted by atomic mass is 16.5. The van der Waals surface area contributed by atoms with Crippen LogP contribution in [0.25, 0.3) is 5.57 Å². The number of ether oxygens (including phenoxy) is 1. The number of aryl methyl sites for hydroxylation is 1. The van der Waals surface area contributed by atoms with Gasteiger partial charge in [-0.1, -0.05) is 11.6 Å². The zero-order chi connectivity index (χ0) is 13.3. The lowest BCUT2D eigenvalue weighted by Crippen LogP contribution is -2.19. The summed E-state index contributed by atoms with van der Waals surface area (Å²) in [5, 5.41) is 2.29. The molecular formula is C14H15NO3. The summed E-state index contributed by atoms with van der Waals surface area (Å²) in [6.07, 6.45) is 0.141. The number of methoxy groups -OCH3 is 1. The van der Waals surface area contributed by atoms with E-state index in [1.807, 2.05) is 32.0 Å². The number of carbonyl (C=O) groups excluding carboxylic acids is 2. The number of hydrogen-bond acceptors (Lipinski definition) is 3. The highest BCUT2D eigenvalue weighted by molar-refractivity contribution is 6.17. The van der Waals surface area contributed by atoms with Gasteiger partial charge in [-0.15, -0.1) is 0 Å². The molecule has 2 rings (SSSR count). The second-order valence-corrected chi connectivity index (χ2v) is 4.36. The van der Waals surface area contributed by atoms with E-state index in [1.165, 1.54) is 0 Å². The molecular weight excluding hydrogens is 230 g/mol. The maximum absolute atomic E-state index is 11.7. The Bertz CT molecular complexity index is 558. The van der Waals surface area contributed by atoms with Crippen LogP contribution < -0.4 is 10.1 Å². The van der Waals surface area contributed by atoms with Crippen LogP contribution in [0.5, 0.6) is 5.75 Å². The average molecular weight is 245 g/mol. The Kier molecular flexibility index (Phi) is 3.19. The molecule has 1 fully saturated rings. The minimum absolute atomic E-state index is 0.141. The van der Waals surface area contributed by atoms with Crippen LogP contribution in [0.3, 0.4) is 0 Å². The van der Waals surface area contributed by atoms with Crippen molar-refractivity contribution in [3.8, 4) is 5.75 Å². The molecule has 94 valence electrons. The molecule has 0 bridgehead atoms. The van der Waals surface area contributed by atoms with Crippen LogP contribution in [-0.4, -0.2) is 18.9 Å². The summed E-state index contributed by atoms with van der Waals surface area (Å²) < 4.78 is 5.29. The molecule has 1 heterocycles. The van der Waals surface area contributed by atoms with Crippen molar-refractivity contribution in [1.82, 2.24) is 5.32 Å². The summed E-state index contributed by atoms with van der Waals surface area (Å²) in [6, 6.07) is 5.76. The van der Waals surface area contributed by atoms with Gasteiger partial charge in [-0.3, -0.25) is 14.9 Å². The van der Waals surface area contributed by atoms with Crippen molar-refractivity contribution in [2.24, 2.45) is 0 Å². The lowest BCUT2D eigenvalue weighted by Gasteiger charge is -2.11. The molecule has 1 saturated heterocycles. The van der Waals surface area contributed by atoms with Gasteiger partial charge in [0, 0.05) is 11.1 Å². The number of imide groups is 1. The monoisotopic (exact) mass is 245 g/mol. The number of amides is 2. The van der Waals surface area contributed by atoms with Crippen molar-refractivity contribution in [3.63, 3.8) is 0 Å². The van der Waals surface area contributed by atoms with Crippen molar-refractivity contribution in [3.05, 3.63) is 34.9 Å². The lowest BCUT2D eigenvalue weighted by molar-refractivity contribution is -0.124. The van der Waals surface area contributed by atoms with Crippen molar-refractivity contribution in [2.75, 3.05) is 7.11 Å². The summed E-state index contributed by atoms with van der Waals surface area (Å²) in [5.41, 5.74) is 3.25. The van der Waals surface area contributed by atoms with Crippen LogP contribution in [-0.2, 0) is 9.59 Å². The Morgan fingerprint density at radius 1 is 1.33 bits per heavy atom. The van der Waals surface area contributed by atoms with Gasteiger partial charge in [-0.2, -0.15) is 0 Å².